The van der Waals surface area contributed by atoms with Crippen LogP contribution in [-0.2, 0) is 4.74 Å². The first-order valence-corrected chi connectivity index (χ1v) is 13.1. The van der Waals surface area contributed by atoms with Crippen molar-refractivity contribution in [1.29, 1.82) is 0 Å². The first-order valence-electron chi connectivity index (χ1n) is 11.5. The fourth-order valence-corrected chi connectivity index (χ4v) is 5.53. The second kappa shape index (κ2) is 11.3. The summed E-state index contributed by atoms with van der Waals surface area (Å²) in [6, 6.07) is 20.5. The number of pyridine rings is 1. The van der Waals surface area contributed by atoms with Gasteiger partial charge in [-0.05, 0) is 72.9 Å². The third-order valence-corrected chi connectivity index (χ3v) is 7.24. The number of methoxy groups -OCH3 is 1. The third kappa shape index (κ3) is 5.28. The van der Waals surface area contributed by atoms with Gasteiger partial charge in [-0.25, -0.2) is 0 Å². The molecule has 1 fully saturated rings. The number of hydrogen-bond donors (Lipinski definition) is 1. The van der Waals surface area contributed by atoms with E-state index in [1.54, 1.807) is 19.4 Å². The summed E-state index contributed by atoms with van der Waals surface area (Å²) < 4.78 is 12.9. The molecule has 10 heteroatoms. The van der Waals surface area contributed by atoms with Gasteiger partial charge in [0.25, 0.3) is 0 Å². The van der Waals surface area contributed by atoms with Crippen LogP contribution in [0, 0.1) is 0 Å². The Labute approximate surface area is 235 Å². The van der Waals surface area contributed by atoms with E-state index in [4.69, 9.17) is 56.5 Å². The lowest BCUT2D eigenvalue weighted by molar-refractivity contribution is 0.146. The van der Waals surface area contributed by atoms with Gasteiger partial charge in [-0.1, -0.05) is 40.9 Å². The predicted molar refractivity (Wildman–Crippen MR) is 153 cm³/mol. The molecule has 2 aromatic heterocycles. The Morgan fingerprint density at radius 1 is 0.973 bits per heavy atom. The van der Waals surface area contributed by atoms with Crippen LogP contribution >= 0.6 is 47.0 Å². The lowest BCUT2D eigenvalue weighted by Gasteiger charge is -2.29. The van der Waals surface area contributed by atoms with E-state index in [0.29, 0.717) is 39.1 Å². The van der Waals surface area contributed by atoms with E-state index < -0.39 is 0 Å². The van der Waals surface area contributed by atoms with Crippen molar-refractivity contribution in [3.8, 4) is 11.4 Å². The highest BCUT2D eigenvalue weighted by molar-refractivity contribution is 7.80. The van der Waals surface area contributed by atoms with Gasteiger partial charge in [0.05, 0.1) is 34.1 Å². The predicted octanol–water partition coefficient (Wildman–Crippen LogP) is 7.03. The van der Waals surface area contributed by atoms with Crippen molar-refractivity contribution in [1.82, 2.24) is 14.9 Å². The highest BCUT2D eigenvalue weighted by atomic mass is 35.5. The zero-order chi connectivity index (χ0) is 25.9. The largest absolute Gasteiger partial charge is 0.490 e. The van der Waals surface area contributed by atoms with Crippen LogP contribution in [0.15, 0.2) is 79.1 Å². The maximum Gasteiger partial charge on any atom is 0.174 e. The molecule has 1 saturated heterocycles. The van der Waals surface area contributed by atoms with Gasteiger partial charge in [-0.15, -0.1) is 0 Å². The number of anilines is 1. The summed E-state index contributed by atoms with van der Waals surface area (Å²) in [5.74, 6) is 0.578. The Balaban J connectivity index is 1.60. The minimum Gasteiger partial charge on any atom is -0.490 e. The van der Waals surface area contributed by atoms with Gasteiger partial charge in [0.15, 0.2) is 5.11 Å². The minimum atomic E-state index is -0.263. The molecular formula is C27H23Cl3N4O2S. The molecule has 4 aromatic rings. The molecule has 0 saturated carbocycles. The number of halogens is 3. The fourth-order valence-electron chi connectivity index (χ4n) is 4.46. The highest BCUT2D eigenvalue weighted by Crippen LogP contribution is 2.44. The molecule has 0 bridgehead atoms. The second-order valence-corrected chi connectivity index (χ2v) is 9.99. The zero-order valence-corrected chi connectivity index (χ0v) is 22.9. The number of ether oxygens (including phenoxy) is 2. The number of nitrogens with one attached hydrogen (secondary N) is 1. The molecule has 0 radical (unpaired) electrons. The van der Waals surface area contributed by atoms with Gasteiger partial charge in [0.2, 0.25) is 0 Å². The van der Waals surface area contributed by atoms with Gasteiger partial charge in [0, 0.05) is 35.9 Å². The molecule has 2 atom stereocenters. The van der Waals surface area contributed by atoms with Crippen LogP contribution in [0.3, 0.4) is 0 Å². The summed E-state index contributed by atoms with van der Waals surface area (Å²) >= 11 is 25.3. The van der Waals surface area contributed by atoms with Gasteiger partial charge in [0.1, 0.15) is 18.4 Å². The lowest BCUT2D eigenvalue weighted by atomic mass is 10.0. The maximum absolute atomic E-state index is 6.62. The van der Waals surface area contributed by atoms with Crippen molar-refractivity contribution in [2.75, 3.05) is 25.2 Å². The van der Waals surface area contributed by atoms with Crippen LogP contribution in [0.5, 0.6) is 5.75 Å². The highest BCUT2D eigenvalue weighted by Gasteiger charge is 2.42. The smallest absolute Gasteiger partial charge is 0.174 e. The molecule has 2 aromatic carbocycles. The summed E-state index contributed by atoms with van der Waals surface area (Å²) in [6.45, 7) is 0.870. The summed E-state index contributed by atoms with van der Waals surface area (Å²) in [7, 11) is 1.63. The van der Waals surface area contributed by atoms with Crippen molar-refractivity contribution < 1.29 is 9.47 Å². The molecular weight excluding hydrogens is 551 g/mol. The number of nitrogens with zero attached hydrogens (tertiary/aromatic N) is 3. The molecule has 0 spiro atoms. The molecule has 0 amide bonds. The van der Waals surface area contributed by atoms with E-state index >= 15 is 0 Å². The standard InChI is InChI=1S/C27H23Cl3N4O2S/c1-35-13-14-36-24-10-8-18(16-20(24)30)34-26(25(32-27(34)37)21-5-2-3-11-31-21)23-6-4-12-33(23)22-9-7-17(28)15-19(22)29/h2-12,15-16,25-26H,13-14H2,1H3,(H,32,37)/t25-,26+/m1/s1. The molecule has 5 rings (SSSR count). The Morgan fingerprint density at radius 2 is 1.84 bits per heavy atom. The Hall–Kier alpha value is -2.81. The van der Waals surface area contributed by atoms with Crippen LogP contribution < -0.4 is 15.0 Å². The average Bonchev–Trinajstić information content (AvgIpc) is 3.50. The van der Waals surface area contributed by atoms with Crippen molar-refractivity contribution in [3.05, 3.63) is 106 Å². The molecule has 6 nitrogen and oxygen atoms in total. The monoisotopic (exact) mass is 572 g/mol. The molecule has 37 heavy (non-hydrogen) atoms. The molecule has 1 aliphatic rings. The van der Waals surface area contributed by atoms with E-state index in [0.717, 1.165) is 22.8 Å². The fraction of sp³-hybridized carbons (Fsp3) is 0.185. The van der Waals surface area contributed by atoms with E-state index in [-0.39, 0.29) is 12.1 Å². The maximum atomic E-state index is 6.62. The topological polar surface area (TPSA) is 51.6 Å². The van der Waals surface area contributed by atoms with E-state index in [2.05, 4.69) is 21.3 Å². The van der Waals surface area contributed by atoms with Crippen molar-refractivity contribution in [3.63, 3.8) is 0 Å². The molecule has 1 N–H and O–H groups in total. The van der Waals surface area contributed by atoms with Crippen LogP contribution in [0.25, 0.3) is 5.69 Å². The van der Waals surface area contributed by atoms with Crippen molar-refractivity contribution in [2.45, 2.75) is 12.1 Å². The first kappa shape index (κ1) is 25.8. The second-order valence-electron chi connectivity index (χ2n) is 8.35. The van der Waals surface area contributed by atoms with Crippen molar-refractivity contribution in [2.24, 2.45) is 0 Å². The van der Waals surface area contributed by atoms with Gasteiger partial charge >= 0.3 is 0 Å². The summed E-state index contributed by atoms with van der Waals surface area (Å²) in [5, 5.41) is 5.62. The number of rotatable bonds is 8. The average molecular weight is 574 g/mol. The number of hydrogen-bond acceptors (Lipinski definition) is 4. The number of benzene rings is 2. The van der Waals surface area contributed by atoms with E-state index in [1.807, 2.05) is 65.4 Å². The van der Waals surface area contributed by atoms with E-state index in [1.165, 1.54) is 0 Å². The number of thiocarbonyl (C=S) groups is 1. The van der Waals surface area contributed by atoms with Gasteiger partial charge < -0.3 is 24.3 Å². The van der Waals surface area contributed by atoms with Crippen LogP contribution in [0.2, 0.25) is 15.1 Å². The molecule has 0 aliphatic carbocycles. The summed E-state index contributed by atoms with van der Waals surface area (Å²) in [4.78, 5) is 6.68. The molecule has 3 heterocycles. The Bertz CT molecular complexity index is 1420. The van der Waals surface area contributed by atoms with Crippen molar-refractivity contribution >= 4 is 57.8 Å². The first-order chi connectivity index (χ1) is 18.0. The third-order valence-electron chi connectivity index (χ3n) is 6.09. The van der Waals surface area contributed by atoms with Gasteiger partial charge in [-0.2, -0.15) is 0 Å². The minimum absolute atomic E-state index is 0.232. The Kier molecular flexibility index (Phi) is 7.88. The van der Waals surface area contributed by atoms with E-state index in [9.17, 15) is 0 Å². The summed E-state index contributed by atoms with van der Waals surface area (Å²) in [6.07, 6.45) is 3.75. The summed E-state index contributed by atoms with van der Waals surface area (Å²) in [5.41, 5.74) is 3.45. The molecule has 190 valence electrons. The van der Waals surface area contributed by atoms with Crippen LogP contribution in [0.4, 0.5) is 5.69 Å². The molecule has 0 unspecified atom stereocenters. The van der Waals surface area contributed by atoms with Crippen LogP contribution in [-0.4, -0.2) is 35.0 Å². The quantitative estimate of drug-likeness (QED) is 0.180. The number of aromatic nitrogens is 2. The lowest BCUT2D eigenvalue weighted by Crippen LogP contribution is -2.30. The zero-order valence-electron chi connectivity index (χ0n) is 19.8. The SMILES string of the molecule is COCCOc1ccc(N2C(=S)N[C@H](c3ccccn3)[C@@H]2c2cccn2-c2ccc(Cl)cc2Cl)cc1Cl. The molecule has 1 aliphatic heterocycles. The normalized spacial score (nSPS) is 17.2. The van der Waals surface area contributed by atoms with Gasteiger partial charge in [-0.3, -0.25) is 4.98 Å². The van der Waals surface area contributed by atoms with Crippen LogP contribution in [0.1, 0.15) is 23.5 Å². The Morgan fingerprint density at radius 3 is 2.57 bits per heavy atom.